The van der Waals surface area contributed by atoms with Gasteiger partial charge in [0.2, 0.25) is 0 Å². The van der Waals surface area contributed by atoms with Crippen molar-refractivity contribution in [2.75, 3.05) is 6.54 Å². The van der Waals surface area contributed by atoms with Gasteiger partial charge in [-0.15, -0.1) is 0 Å². The molecule has 3 atom stereocenters. The minimum atomic E-state index is -0.777. The molecule has 0 bridgehead atoms. The Kier molecular flexibility index (Phi) is 3.41. The second-order valence-electron chi connectivity index (χ2n) is 6.68. The molecule has 4 aliphatic rings. The lowest BCUT2D eigenvalue weighted by Crippen LogP contribution is -2.56. The summed E-state index contributed by atoms with van der Waals surface area (Å²) in [6, 6.07) is -0.0866. The maximum Gasteiger partial charge on any atom is 0.181 e. The van der Waals surface area contributed by atoms with E-state index in [0.29, 0.717) is 12.1 Å². The maximum absolute atomic E-state index is 14.7. The SMILES string of the molecule is C=C1CC(=C)N(C2=C(F)C(F)=CC3C=CNC23)N2CCCCC12. The summed E-state index contributed by atoms with van der Waals surface area (Å²) >= 11 is 0. The van der Waals surface area contributed by atoms with Gasteiger partial charge in [-0.2, -0.15) is 0 Å². The van der Waals surface area contributed by atoms with Crippen molar-refractivity contribution in [1.82, 2.24) is 15.3 Å². The Balaban J connectivity index is 1.77. The molecule has 3 nitrogen and oxygen atoms in total. The van der Waals surface area contributed by atoms with Crippen LogP contribution in [0.5, 0.6) is 0 Å². The molecule has 3 unspecified atom stereocenters. The highest BCUT2D eigenvalue weighted by Crippen LogP contribution is 2.43. The fourth-order valence-electron chi connectivity index (χ4n) is 4.15. The van der Waals surface area contributed by atoms with Crippen molar-refractivity contribution in [1.29, 1.82) is 0 Å². The summed E-state index contributed by atoms with van der Waals surface area (Å²) in [7, 11) is 0. The number of nitrogens with zero attached hydrogens (tertiary/aromatic N) is 2. The molecule has 2 saturated heterocycles. The molecule has 1 N–H and O–H groups in total. The number of rotatable bonds is 1. The Bertz CT molecular complexity index is 661. The van der Waals surface area contributed by atoms with E-state index in [9.17, 15) is 8.78 Å². The van der Waals surface area contributed by atoms with Crippen LogP contribution in [-0.2, 0) is 0 Å². The quantitative estimate of drug-likeness (QED) is 0.744. The molecule has 3 aliphatic heterocycles. The third kappa shape index (κ3) is 2.17. The lowest BCUT2D eigenvalue weighted by Gasteiger charge is -2.52. The highest BCUT2D eigenvalue weighted by atomic mass is 19.2. The van der Waals surface area contributed by atoms with Crippen LogP contribution in [0.2, 0.25) is 0 Å². The summed E-state index contributed by atoms with van der Waals surface area (Å²) in [5.74, 6) is -1.72. The Hall–Kier alpha value is -1.88. The number of allylic oxidation sites excluding steroid dienone is 3. The first-order valence-electron chi connectivity index (χ1n) is 8.20. The zero-order valence-electron chi connectivity index (χ0n) is 13.1. The van der Waals surface area contributed by atoms with E-state index in [1.807, 2.05) is 11.1 Å². The van der Waals surface area contributed by atoms with Gasteiger partial charge in [0.1, 0.15) is 0 Å². The number of nitrogens with one attached hydrogen (secondary N) is 1. The average molecular weight is 317 g/mol. The van der Waals surface area contributed by atoms with Gasteiger partial charge in [0.25, 0.3) is 0 Å². The molecule has 3 heterocycles. The summed E-state index contributed by atoms with van der Waals surface area (Å²) in [6.07, 6.45) is 8.82. The molecule has 5 heteroatoms. The van der Waals surface area contributed by atoms with Gasteiger partial charge in [-0.25, -0.2) is 13.8 Å². The van der Waals surface area contributed by atoms with Gasteiger partial charge in [-0.1, -0.05) is 31.2 Å². The molecule has 0 aromatic carbocycles. The standard InChI is InChI=1S/C18H21F2N3/c1-11-9-12(2)23(22-8-4-3-5-15(11)22)18-16(20)14(19)10-13-6-7-21-17(13)18/h6-7,10,13,15,17,21H,1-5,8-9H2. The molecule has 0 saturated carbocycles. The van der Waals surface area contributed by atoms with Crippen molar-refractivity contribution in [3.63, 3.8) is 0 Å². The van der Waals surface area contributed by atoms with E-state index in [4.69, 9.17) is 0 Å². The van der Waals surface area contributed by atoms with Gasteiger partial charge in [0, 0.05) is 24.6 Å². The van der Waals surface area contributed by atoms with Gasteiger partial charge in [0.05, 0.1) is 17.8 Å². The Morgan fingerprint density at radius 1 is 1.22 bits per heavy atom. The zero-order chi connectivity index (χ0) is 16.1. The Morgan fingerprint density at radius 2 is 2.04 bits per heavy atom. The van der Waals surface area contributed by atoms with Crippen molar-refractivity contribution < 1.29 is 8.78 Å². The predicted octanol–water partition coefficient (Wildman–Crippen LogP) is 3.68. The maximum atomic E-state index is 14.7. The third-order valence-electron chi connectivity index (χ3n) is 5.21. The van der Waals surface area contributed by atoms with Crippen LogP contribution in [0.3, 0.4) is 0 Å². The van der Waals surface area contributed by atoms with E-state index in [2.05, 4.69) is 23.5 Å². The van der Waals surface area contributed by atoms with Crippen molar-refractivity contribution in [3.8, 4) is 0 Å². The number of halogens is 2. The smallest absolute Gasteiger partial charge is 0.181 e. The van der Waals surface area contributed by atoms with Crippen LogP contribution in [0.1, 0.15) is 25.7 Å². The largest absolute Gasteiger partial charge is 0.382 e. The van der Waals surface area contributed by atoms with E-state index in [1.54, 1.807) is 6.20 Å². The molecule has 4 rings (SSSR count). The highest BCUT2D eigenvalue weighted by Gasteiger charge is 2.43. The Morgan fingerprint density at radius 3 is 2.87 bits per heavy atom. The number of hydrazine groups is 1. The van der Waals surface area contributed by atoms with Crippen LogP contribution in [-0.4, -0.2) is 28.6 Å². The molecule has 0 aromatic heterocycles. The summed E-state index contributed by atoms with van der Waals surface area (Å²) in [5.41, 5.74) is 2.23. The van der Waals surface area contributed by atoms with Crippen molar-refractivity contribution in [3.05, 3.63) is 60.1 Å². The van der Waals surface area contributed by atoms with Crippen LogP contribution in [0.15, 0.2) is 60.1 Å². The van der Waals surface area contributed by atoms with Crippen molar-refractivity contribution in [2.45, 2.75) is 37.8 Å². The minimum absolute atomic E-state index is 0.161. The molecule has 1 aliphatic carbocycles. The molecular weight excluding hydrogens is 296 g/mol. The van der Waals surface area contributed by atoms with Gasteiger partial charge < -0.3 is 5.32 Å². The zero-order valence-corrected chi connectivity index (χ0v) is 13.1. The summed E-state index contributed by atoms with van der Waals surface area (Å²) < 4.78 is 28.9. The van der Waals surface area contributed by atoms with E-state index in [0.717, 1.165) is 37.1 Å². The van der Waals surface area contributed by atoms with Crippen LogP contribution in [0.25, 0.3) is 0 Å². The monoisotopic (exact) mass is 317 g/mol. The fourth-order valence-corrected chi connectivity index (χ4v) is 4.15. The van der Waals surface area contributed by atoms with Crippen molar-refractivity contribution in [2.24, 2.45) is 5.92 Å². The first-order chi connectivity index (χ1) is 11.1. The molecule has 0 spiro atoms. The second kappa shape index (κ2) is 5.34. The fraction of sp³-hybridized carbons (Fsp3) is 0.444. The van der Waals surface area contributed by atoms with E-state index in [-0.39, 0.29) is 18.0 Å². The summed E-state index contributed by atoms with van der Waals surface area (Å²) in [5, 5.41) is 7.12. The lowest BCUT2D eigenvalue weighted by atomic mass is 9.89. The lowest BCUT2D eigenvalue weighted by molar-refractivity contribution is -0.0373. The van der Waals surface area contributed by atoms with Gasteiger partial charge in [-0.3, -0.25) is 5.01 Å². The molecule has 122 valence electrons. The number of fused-ring (bicyclic) bond motifs is 2. The second-order valence-corrected chi connectivity index (χ2v) is 6.68. The summed E-state index contributed by atoms with van der Waals surface area (Å²) in [6.45, 7) is 9.11. The normalized spacial score (nSPS) is 34.3. The first kappa shape index (κ1) is 14.7. The minimum Gasteiger partial charge on any atom is -0.382 e. The molecule has 0 amide bonds. The van der Waals surface area contributed by atoms with Crippen LogP contribution >= 0.6 is 0 Å². The van der Waals surface area contributed by atoms with Gasteiger partial charge >= 0.3 is 0 Å². The van der Waals surface area contributed by atoms with Gasteiger partial charge in [0.15, 0.2) is 11.7 Å². The van der Waals surface area contributed by atoms with Crippen LogP contribution in [0.4, 0.5) is 8.78 Å². The average Bonchev–Trinajstić information content (AvgIpc) is 2.98. The van der Waals surface area contributed by atoms with Crippen molar-refractivity contribution >= 4 is 0 Å². The van der Waals surface area contributed by atoms with Crippen LogP contribution in [0, 0.1) is 5.92 Å². The topological polar surface area (TPSA) is 18.5 Å². The molecule has 23 heavy (non-hydrogen) atoms. The number of piperidine rings is 1. The number of hydrogen-bond acceptors (Lipinski definition) is 3. The van der Waals surface area contributed by atoms with Crippen LogP contribution < -0.4 is 5.32 Å². The highest BCUT2D eigenvalue weighted by molar-refractivity contribution is 5.41. The number of hydrogen-bond donors (Lipinski definition) is 1. The third-order valence-corrected chi connectivity index (χ3v) is 5.21. The predicted molar refractivity (Wildman–Crippen MR) is 86.0 cm³/mol. The van der Waals surface area contributed by atoms with E-state index in [1.165, 1.54) is 6.08 Å². The molecule has 0 radical (unpaired) electrons. The van der Waals surface area contributed by atoms with E-state index >= 15 is 0 Å². The van der Waals surface area contributed by atoms with Gasteiger partial charge in [-0.05, 0) is 25.1 Å². The molecular formula is C18H21F2N3. The molecule has 2 fully saturated rings. The summed E-state index contributed by atoms with van der Waals surface area (Å²) in [4.78, 5) is 0. The first-order valence-corrected chi connectivity index (χ1v) is 8.20. The van der Waals surface area contributed by atoms with E-state index < -0.39 is 11.7 Å². The Labute approximate surface area is 135 Å². The molecule has 0 aromatic rings.